The van der Waals surface area contributed by atoms with Gasteiger partial charge in [-0.05, 0) is 24.3 Å². The van der Waals surface area contributed by atoms with Crippen LogP contribution in [-0.2, 0) is 15.3 Å². The van der Waals surface area contributed by atoms with E-state index in [0.717, 1.165) is 11.3 Å². The quantitative estimate of drug-likeness (QED) is 0.798. The molecule has 0 amide bonds. The van der Waals surface area contributed by atoms with Gasteiger partial charge in [-0.15, -0.1) is 11.6 Å². The minimum atomic E-state index is -0.730. The van der Waals surface area contributed by atoms with Crippen LogP contribution in [0.4, 0.5) is 0 Å². The van der Waals surface area contributed by atoms with Gasteiger partial charge in [-0.3, -0.25) is 0 Å². The van der Waals surface area contributed by atoms with E-state index in [-0.39, 0.29) is 6.10 Å². The summed E-state index contributed by atoms with van der Waals surface area (Å²) in [5.74, 6) is 0.516. The molecule has 1 aromatic carbocycles. The van der Waals surface area contributed by atoms with Crippen LogP contribution >= 0.6 is 27.5 Å². The average Bonchev–Trinajstić information content (AvgIpc) is 2.84. The fourth-order valence-corrected chi connectivity index (χ4v) is 2.55. The number of ether oxygens (including phenoxy) is 3. The van der Waals surface area contributed by atoms with E-state index in [9.17, 15) is 0 Å². The van der Waals surface area contributed by atoms with Gasteiger partial charge in [0, 0.05) is 5.56 Å². The maximum Gasteiger partial charge on any atom is 0.205 e. The molecule has 0 spiro atoms. The lowest BCUT2D eigenvalue weighted by molar-refractivity contribution is -0.154. The van der Waals surface area contributed by atoms with E-state index < -0.39 is 5.79 Å². The Morgan fingerprint density at radius 3 is 2.65 bits per heavy atom. The van der Waals surface area contributed by atoms with Gasteiger partial charge >= 0.3 is 0 Å². The summed E-state index contributed by atoms with van der Waals surface area (Å²) in [7, 11) is 1.64. The molecular weight excluding hydrogens is 307 g/mol. The van der Waals surface area contributed by atoms with Crippen LogP contribution < -0.4 is 4.74 Å². The first kappa shape index (κ1) is 13.1. The van der Waals surface area contributed by atoms with Crippen LogP contribution in [0.2, 0.25) is 0 Å². The standard InChI is InChI=1S/C12H14BrClO3/c1-15-10-4-2-9(3-5-10)12(8-13)16-7-11(6-14)17-12/h2-5,11H,6-8H2,1H3/t11-,12+/m1/s1. The zero-order valence-corrected chi connectivity index (χ0v) is 11.8. The Balaban J connectivity index is 2.22. The predicted molar refractivity (Wildman–Crippen MR) is 70.0 cm³/mol. The van der Waals surface area contributed by atoms with Crippen LogP contribution in [0.25, 0.3) is 0 Å². The number of benzene rings is 1. The van der Waals surface area contributed by atoms with Gasteiger partial charge in [-0.25, -0.2) is 0 Å². The van der Waals surface area contributed by atoms with Gasteiger partial charge in [0.25, 0.3) is 0 Å². The van der Waals surface area contributed by atoms with Gasteiger partial charge in [0.1, 0.15) is 5.75 Å². The lowest BCUT2D eigenvalue weighted by atomic mass is 10.1. The third kappa shape index (κ3) is 2.60. The molecule has 5 heteroatoms. The predicted octanol–water partition coefficient (Wildman–Crippen LogP) is 2.90. The number of alkyl halides is 2. The molecule has 0 radical (unpaired) electrons. The molecule has 0 bridgehead atoms. The lowest BCUT2D eigenvalue weighted by Crippen LogP contribution is -2.30. The van der Waals surface area contributed by atoms with Crippen molar-refractivity contribution in [2.24, 2.45) is 0 Å². The third-order valence-electron chi connectivity index (χ3n) is 2.74. The van der Waals surface area contributed by atoms with Gasteiger partial charge in [-0.2, -0.15) is 0 Å². The molecule has 2 rings (SSSR count). The van der Waals surface area contributed by atoms with E-state index in [0.29, 0.717) is 17.8 Å². The molecule has 1 saturated heterocycles. The number of rotatable bonds is 4. The molecule has 0 aromatic heterocycles. The van der Waals surface area contributed by atoms with Crippen molar-refractivity contribution >= 4 is 27.5 Å². The molecule has 1 aliphatic heterocycles. The Hall–Kier alpha value is -0.290. The van der Waals surface area contributed by atoms with Crippen LogP contribution in [0.15, 0.2) is 24.3 Å². The molecule has 1 aliphatic rings. The number of halogens is 2. The summed E-state index contributed by atoms with van der Waals surface area (Å²) >= 11 is 9.22. The highest BCUT2D eigenvalue weighted by Gasteiger charge is 2.42. The first-order valence-corrected chi connectivity index (χ1v) is 6.98. The van der Waals surface area contributed by atoms with Crippen molar-refractivity contribution in [3.63, 3.8) is 0 Å². The smallest absolute Gasteiger partial charge is 0.205 e. The first-order valence-electron chi connectivity index (χ1n) is 5.32. The molecule has 17 heavy (non-hydrogen) atoms. The third-order valence-corrected chi connectivity index (χ3v) is 3.82. The summed E-state index contributed by atoms with van der Waals surface area (Å²) in [5, 5.41) is 0.569. The van der Waals surface area contributed by atoms with E-state index in [4.69, 9.17) is 25.8 Å². The summed E-state index contributed by atoms with van der Waals surface area (Å²) in [5.41, 5.74) is 0.961. The molecule has 2 atom stereocenters. The van der Waals surface area contributed by atoms with Crippen molar-refractivity contribution in [3.05, 3.63) is 29.8 Å². The van der Waals surface area contributed by atoms with E-state index in [1.807, 2.05) is 24.3 Å². The lowest BCUT2D eigenvalue weighted by Gasteiger charge is -2.26. The highest BCUT2D eigenvalue weighted by Crippen LogP contribution is 2.36. The van der Waals surface area contributed by atoms with Gasteiger partial charge in [-0.1, -0.05) is 15.9 Å². The molecule has 1 fully saturated rings. The topological polar surface area (TPSA) is 27.7 Å². The van der Waals surface area contributed by atoms with Gasteiger partial charge < -0.3 is 14.2 Å². The molecule has 1 heterocycles. The number of methoxy groups -OCH3 is 1. The summed E-state index contributed by atoms with van der Waals surface area (Å²) in [6.07, 6.45) is -0.0590. The maximum absolute atomic E-state index is 5.87. The largest absolute Gasteiger partial charge is 0.497 e. The molecule has 0 saturated carbocycles. The number of hydrogen-bond donors (Lipinski definition) is 0. The monoisotopic (exact) mass is 320 g/mol. The van der Waals surface area contributed by atoms with Crippen molar-refractivity contribution in [1.29, 1.82) is 0 Å². The Morgan fingerprint density at radius 2 is 2.18 bits per heavy atom. The summed E-state index contributed by atoms with van der Waals surface area (Å²) in [6.45, 7) is 0.515. The second-order valence-electron chi connectivity index (χ2n) is 3.82. The fraction of sp³-hybridized carbons (Fsp3) is 0.500. The fourth-order valence-electron chi connectivity index (χ4n) is 1.78. The molecule has 94 valence electrons. The molecule has 0 aliphatic carbocycles. The van der Waals surface area contributed by atoms with E-state index in [1.165, 1.54) is 0 Å². The Morgan fingerprint density at radius 1 is 1.47 bits per heavy atom. The van der Waals surface area contributed by atoms with E-state index in [1.54, 1.807) is 7.11 Å². The zero-order valence-electron chi connectivity index (χ0n) is 9.49. The van der Waals surface area contributed by atoms with Crippen LogP contribution in [0, 0.1) is 0 Å². The normalized spacial score (nSPS) is 28.3. The maximum atomic E-state index is 5.87. The van der Waals surface area contributed by atoms with E-state index >= 15 is 0 Å². The molecule has 1 aromatic rings. The summed E-state index contributed by atoms with van der Waals surface area (Å²) < 4.78 is 16.7. The first-order chi connectivity index (χ1) is 8.24. The SMILES string of the molecule is COc1ccc([C@@]2(CBr)OC[C@@H](CCl)O2)cc1. The Bertz CT molecular complexity index is 371. The molecule has 0 unspecified atom stereocenters. The Kier molecular flexibility index (Phi) is 4.31. The summed E-state index contributed by atoms with van der Waals surface area (Å²) in [4.78, 5) is 0. The van der Waals surface area contributed by atoms with Crippen molar-refractivity contribution in [2.45, 2.75) is 11.9 Å². The zero-order chi connectivity index (χ0) is 12.3. The van der Waals surface area contributed by atoms with Crippen molar-refractivity contribution in [3.8, 4) is 5.75 Å². The minimum Gasteiger partial charge on any atom is -0.497 e. The number of hydrogen-bond acceptors (Lipinski definition) is 3. The van der Waals surface area contributed by atoms with Crippen LogP contribution in [-0.4, -0.2) is 31.0 Å². The molecular formula is C12H14BrClO3. The average molecular weight is 322 g/mol. The van der Waals surface area contributed by atoms with Gasteiger partial charge in [0.05, 0.1) is 31.0 Å². The highest BCUT2D eigenvalue weighted by atomic mass is 79.9. The van der Waals surface area contributed by atoms with Gasteiger partial charge in [0.15, 0.2) is 0 Å². The highest BCUT2D eigenvalue weighted by molar-refractivity contribution is 9.09. The van der Waals surface area contributed by atoms with E-state index in [2.05, 4.69) is 15.9 Å². The molecule has 0 N–H and O–H groups in total. The van der Waals surface area contributed by atoms with Crippen LogP contribution in [0.3, 0.4) is 0 Å². The van der Waals surface area contributed by atoms with Crippen LogP contribution in [0.5, 0.6) is 5.75 Å². The van der Waals surface area contributed by atoms with Crippen molar-refractivity contribution < 1.29 is 14.2 Å². The summed E-state index contributed by atoms with van der Waals surface area (Å²) in [6, 6.07) is 7.66. The second kappa shape index (κ2) is 5.57. The van der Waals surface area contributed by atoms with Crippen molar-refractivity contribution in [1.82, 2.24) is 0 Å². The van der Waals surface area contributed by atoms with Gasteiger partial charge in [0.2, 0.25) is 5.79 Å². The van der Waals surface area contributed by atoms with Crippen LogP contribution in [0.1, 0.15) is 5.56 Å². The molecule has 3 nitrogen and oxygen atoms in total. The second-order valence-corrected chi connectivity index (χ2v) is 4.69. The minimum absolute atomic E-state index is 0.0590. The Labute approximate surface area is 114 Å². The van der Waals surface area contributed by atoms with Crippen molar-refractivity contribution in [2.75, 3.05) is 24.9 Å².